The fourth-order valence-corrected chi connectivity index (χ4v) is 2.24. The Kier molecular flexibility index (Phi) is 3.27. The van der Waals surface area contributed by atoms with Crippen molar-refractivity contribution < 1.29 is 14.7 Å². The molecule has 0 spiro atoms. The lowest BCUT2D eigenvalue weighted by Crippen LogP contribution is -2.57. The highest BCUT2D eigenvalue weighted by atomic mass is 16.4. The number of carbonyl (C=O) groups is 2. The SMILES string of the molecule is CC1(C(=O)O)CCCCN1C(=O)c1ccnnc1. The van der Waals surface area contributed by atoms with E-state index < -0.39 is 11.5 Å². The molecule has 1 atom stereocenters. The van der Waals surface area contributed by atoms with Crippen LogP contribution in [0.25, 0.3) is 0 Å². The smallest absolute Gasteiger partial charge is 0.329 e. The second-order valence-corrected chi connectivity index (χ2v) is 4.62. The molecule has 1 fully saturated rings. The molecule has 1 aromatic rings. The number of piperidine rings is 1. The topological polar surface area (TPSA) is 83.4 Å². The Morgan fingerprint density at radius 3 is 2.78 bits per heavy atom. The first kappa shape index (κ1) is 12.5. The summed E-state index contributed by atoms with van der Waals surface area (Å²) in [4.78, 5) is 25.1. The molecule has 1 unspecified atom stereocenters. The summed E-state index contributed by atoms with van der Waals surface area (Å²) in [7, 11) is 0. The van der Waals surface area contributed by atoms with Gasteiger partial charge < -0.3 is 10.0 Å². The number of rotatable bonds is 2. The first-order valence-corrected chi connectivity index (χ1v) is 5.88. The Hall–Kier alpha value is -1.98. The van der Waals surface area contributed by atoms with Gasteiger partial charge in [0.05, 0.1) is 18.0 Å². The Balaban J connectivity index is 2.30. The second-order valence-electron chi connectivity index (χ2n) is 4.62. The van der Waals surface area contributed by atoms with Crippen LogP contribution in [0.5, 0.6) is 0 Å². The molecule has 18 heavy (non-hydrogen) atoms. The second kappa shape index (κ2) is 4.72. The van der Waals surface area contributed by atoms with Crippen LogP contribution in [-0.4, -0.2) is 44.2 Å². The van der Waals surface area contributed by atoms with Crippen molar-refractivity contribution >= 4 is 11.9 Å². The highest BCUT2D eigenvalue weighted by Crippen LogP contribution is 2.29. The number of carboxylic acid groups (broad SMARTS) is 1. The van der Waals surface area contributed by atoms with E-state index in [4.69, 9.17) is 0 Å². The van der Waals surface area contributed by atoms with Gasteiger partial charge in [0.25, 0.3) is 5.91 Å². The van der Waals surface area contributed by atoms with Crippen molar-refractivity contribution in [1.29, 1.82) is 0 Å². The quantitative estimate of drug-likeness (QED) is 0.843. The standard InChI is InChI=1S/C12H15N3O3/c1-12(11(17)18)5-2-3-7-15(12)10(16)9-4-6-13-14-8-9/h4,6,8H,2-3,5,7H2,1H3,(H,17,18). The number of aliphatic carboxylic acids is 1. The Morgan fingerprint density at radius 2 is 2.17 bits per heavy atom. The van der Waals surface area contributed by atoms with Crippen LogP contribution in [0.4, 0.5) is 0 Å². The molecule has 6 heteroatoms. The maximum Gasteiger partial charge on any atom is 0.329 e. The van der Waals surface area contributed by atoms with Gasteiger partial charge in [0.2, 0.25) is 0 Å². The van der Waals surface area contributed by atoms with E-state index in [0.717, 1.165) is 12.8 Å². The first-order chi connectivity index (χ1) is 8.55. The van der Waals surface area contributed by atoms with E-state index in [1.165, 1.54) is 17.3 Å². The van der Waals surface area contributed by atoms with E-state index in [-0.39, 0.29) is 5.91 Å². The molecule has 0 aliphatic carbocycles. The summed E-state index contributed by atoms with van der Waals surface area (Å²) in [6, 6.07) is 1.55. The van der Waals surface area contributed by atoms with Crippen LogP contribution in [0.15, 0.2) is 18.5 Å². The number of aromatic nitrogens is 2. The summed E-state index contributed by atoms with van der Waals surface area (Å²) in [5.41, 5.74) is -0.752. The van der Waals surface area contributed by atoms with Crippen LogP contribution in [0.3, 0.4) is 0 Å². The molecule has 1 aliphatic rings. The maximum atomic E-state index is 12.3. The molecule has 0 radical (unpaired) electrons. The molecule has 1 aromatic heterocycles. The highest BCUT2D eigenvalue weighted by molar-refractivity contribution is 5.97. The molecular formula is C12H15N3O3. The summed E-state index contributed by atoms with van der Waals surface area (Å²) in [5.74, 6) is -1.26. The average Bonchev–Trinajstić information content (AvgIpc) is 2.39. The van der Waals surface area contributed by atoms with Gasteiger partial charge in [-0.2, -0.15) is 10.2 Å². The number of carbonyl (C=O) groups excluding carboxylic acids is 1. The minimum atomic E-state index is -1.13. The van der Waals surface area contributed by atoms with Gasteiger partial charge in [-0.15, -0.1) is 0 Å². The molecule has 2 heterocycles. The van der Waals surface area contributed by atoms with E-state index in [0.29, 0.717) is 18.5 Å². The third kappa shape index (κ3) is 2.05. The summed E-state index contributed by atoms with van der Waals surface area (Å²) < 4.78 is 0. The monoisotopic (exact) mass is 249 g/mol. The van der Waals surface area contributed by atoms with Crippen molar-refractivity contribution in [3.05, 3.63) is 24.0 Å². The van der Waals surface area contributed by atoms with Crippen LogP contribution >= 0.6 is 0 Å². The molecule has 0 bridgehead atoms. The predicted octanol–water partition coefficient (Wildman–Crippen LogP) is 0.946. The summed E-state index contributed by atoms with van der Waals surface area (Å²) in [6.45, 7) is 2.06. The van der Waals surface area contributed by atoms with E-state index in [1.54, 1.807) is 13.0 Å². The van der Waals surface area contributed by atoms with Crippen molar-refractivity contribution in [3.63, 3.8) is 0 Å². The first-order valence-electron chi connectivity index (χ1n) is 5.88. The van der Waals surface area contributed by atoms with Gasteiger partial charge in [0.15, 0.2) is 0 Å². The van der Waals surface area contributed by atoms with Crippen LogP contribution in [0.1, 0.15) is 36.5 Å². The van der Waals surface area contributed by atoms with Gasteiger partial charge >= 0.3 is 5.97 Å². The number of likely N-dealkylation sites (tertiary alicyclic amines) is 1. The van der Waals surface area contributed by atoms with Gasteiger partial charge in [0, 0.05) is 6.54 Å². The van der Waals surface area contributed by atoms with E-state index in [1.807, 2.05) is 0 Å². The van der Waals surface area contributed by atoms with Gasteiger partial charge in [-0.1, -0.05) is 0 Å². The van der Waals surface area contributed by atoms with Gasteiger partial charge in [-0.25, -0.2) is 4.79 Å². The summed E-state index contributed by atoms with van der Waals surface area (Å²) >= 11 is 0. The normalized spacial score (nSPS) is 23.7. The van der Waals surface area contributed by atoms with Crippen molar-refractivity contribution in [2.45, 2.75) is 31.7 Å². The number of nitrogens with zero attached hydrogens (tertiary/aromatic N) is 3. The van der Waals surface area contributed by atoms with Crippen LogP contribution < -0.4 is 0 Å². The maximum absolute atomic E-state index is 12.3. The summed E-state index contributed by atoms with van der Waals surface area (Å²) in [5, 5.41) is 16.6. The lowest BCUT2D eigenvalue weighted by molar-refractivity contribution is -0.150. The molecule has 0 saturated carbocycles. The zero-order valence-corrected chi connectivity index (χ0v) is 10.2. The minimum Gasteiger partial charge on any atom is -0.480 e. The number of hydrogen-bond donors (Lipinski definition) is 1. The Bertz CT molecular complexity index is 463. The fraction of sp³-hybridized carbons (Fsp3) is 0.500. The fourth-order valence-electron chi connectivity index (χ4n) is 2.24. The molecule has 1 amide bonds. The molecular weight excluding hydrogens is 234 g/mol. The van der Waals surface area contributed by atoms with E-state index >= 15 is 0 Å². The Morgan fingerprint density at radius 1 is 1.39 bits per heavy atom. The molecule has 96 valence electrons. The van der Waals surface area contributed by atoms with Gasteiger partial charge in [-0.05, 0) is 32.3 Å². The van der Waals surface area contributed by atoms with Crippen molar-refractivity contribution in [1.82, 2.24) is 15.1 Å². The predicted molar refractivity (Wildman–Crippen MR) is 63.0 cm³/mol. The molecule has 6 nitrogen and oxygen atoms in total. The average molecular weight is 249 g/mol. The Labute approximate surface area is 105 Å². The van der Waals surface area contributed by atoms with Crippen molar-refractivity contribution in [2.75, 3.05) is 6.54 Å². The van der Waals surface area contributed by atoms with E-state index in [2.05, 4.69) is 10.2 Å². The molecule has 1 N–H and O–H groups in total. The largest absolute Gasteiger partial charge is 0.480 e. The lowest BCUT2D eigenvalue weighted by Gasteiger charge is -2.41. The van der Waals surface area contributed by atoms with Crippen molar-refractivity contribution in [2.24, 2.45) is 0 Å². The zero-order chi connectivity index (χ0) is 13.2. The number of amides is 1. The molecule has 1 saturated heterocycles. The molecule has 1 aliphatic heterocycles. The minimum absolute atomic E-state index is 0.297. The third-order valence-corrected chi connectivity index (χ3v) is 3.43. The van der Waals surface area contributed by atoms with Crippen LogP contribution in [0.2, 0.25) is 0 Å². The number of carboxylic acids is 1. The van der Waals surface area contributed by atoms with Crippen LogP contribution in [0, 0.1) is 0 Å². The lowest BCUT2D eigenvalue weighted by atomic mass is 9.88. The summed E-state index contributed by atoms with van der Waals surface area (Å²) in [6.07, 6.45) is 4.91. The zero-order valence-electron chi connectivity index (χ0n) is 10.2. The molecule has 0 aromatic carbocycles. The van der Waals surface area contributed by atoms with Crippen LogP contribution in [-0.2, 0) is 4.79 Å². The van der Waals surface area contributed by atoms with Gasteiger partial charge in [-0.3, -0.25) is 4.79 Å². The van der Waals surface area contributed by atoms with E-state index in [9.17, 15) is 14.7 Å². The highest BCUT2D eigenvalue weighted by Gasteiger charge is 2.44. The molecule has 2 rings (SSSR count). The number of hydrogen-bond acceptors (Lipinski definition) is 4. The van der Waals surface area contributed by atoms with Crippen molar-refractivity contribution in [3.8, 4) is 0 Å². The third-order valence-electron chi connectivity index (χ3n) is 3.43. The van der Waals surface area contributed by atoms with Gasteiger partial charge in [0.1, 0.15) is 5.54 Å².